The SMILES string of the molecule is CC(O)C(F)(F)c1ccc(-c2ccc(N3CCC(CC4=NC(C(=O)NCC(=O)O)C(C)(O)C=N4)CC3)cc2)cc1. The van der Waals surface area contributed by atoms with Crippen molar-refractivity contribution < 1.29 is 33.7 Å². The third-order valence-corrected chi connectivity index (χ3v) is 7.41. The van der Waals surface area contributed by atoms with E-state index < -0.39 is 42.1 Å². The van der Waals surface area contributed by atoms with E-state index in [1.807, 2.05) is 24.3 Å². The maximum absolute atomic E-state index is 14.1. The van der Waals surface area contributed by atoms with Crippen LogP contribution in [0.4, 0.5) is 14.5 Å². The van der Waals surface area contributed by atoms with E-state index in [4.69, 9.17) is 5.11 Å². The zero-order valence-electron chi connectivity index (χ0n) is 22.4. The number of carbonyl (C=O) groups is 2. The molecule has 1 saturated heterocycles. The van der Waals surface area contributed by atoms with Gasteiger partial charge < -0.3 is 25.5 Å². The molecular formula is C29H34F2N4O5. The molecule has 2 aliphatic rings. The third-order valence-electron chi connectivity index (χ3n) is 7.41. The van der Waals surface area contributed by atoms with E-state index in [0.29, 0.717) is 12.3 Å². The molecular weight excluding hydrogens is 522 g/mol. The Hall–Kier alpha value is -3.70. The number of piperidine rings is 1. The lowest BCUT2D eigenvalue weighted by molar-refractivity contribution is -0.138. The van der Waals surface area contributed by atoms with Gasteiger partial charge in [-0.25, -0.2) is 4.99 Å². The summed E-state index contributed by atoms with van der Waals surface area (Å²) in [6.07, 6.45) is 1.83. The number of nitrogens with zero attached hydrogens (tertiary/aromatic N) is 3. The summed E-state index contributed by atoms with van der Waals surface area (Å²) in [5, 5.41) is 30.9. The summed E-state index contributed by atoms with van der Waals surface area (Å²) in [6.45, 7) is 3.55. The molecule has 2 heterocycles. The molecule has 1 amide bonds. The molecule has 40 heavy (non-hydrogen) atoms. The fraction of sp³-hybridized carbons (Fsp3) is 0.448. The molecule has 0 bridgehead atoms. The molecule has 0 saturated carbocycles. The number of amidine groups is 1. The molecule has 3 atom stereocenters. The fourth-order valence-electron chi connectivity index (χ4n) is 4.92. The van der Waals surface area contributed by atoms with Crippen molar-refractivity contribution in [2.24, 2.45) is 15.9 Å². The number of amides is 1. The monoisotopic (exact) mass is 556 g/mol. The Morgan fingerprint density at radius 2 is 1.68 bits per heavy atom. The third kappa shape index (κ3) is 6.71. The fourth-order valence-corrected chi connectivity index (χ4v) is 4.92. The zero-order chi connectivity index (χ0) is 29.1. The van der Waals surface area contributed by atoms with Crippen molar-refractivity contribution in [2.45, 2.75) is 56.8 Å². The summed E-state index contributed by atoms with van der Waals surface area (Å²) >= 11 is 0. The second-order valence-corrected chi connectivity index (χ2v) is 10.6. The van der Waals surface area contributed by atoms with Gasteiger partial charge in [0.1, 0.15) is 24.1 Å². The molecule has 2 aromatic carbocycles. The molecule has 2 aromatic rings. The van der Waals surface area contributed by atoms with Crippen molar-refractivity contribution in [1.29, 1.82) is 0 Å². The van der Waals surface area contributed by atoms with Crippen molar-refractivity contribution >= 4 is 29.6 Å². The molecule has 9 nitrogen and oxygen atoms in total. The van der Waals surface area contributed by atoms with Gasteiger partial charge in [0, 0.05) is 37.0 Å². The van der Waals surface area contributed by atoms with Gasteiger partial charge in [-0.15, -0.1) is 0 Å². The van der Waals surface area contributed by atoms with Crippen LogP contribution >= 0.6 is 0 Å². The lowest BCUT2D eigenvalue weighted by atomic mass is 9.91. The number of rotatable bonds is 9. The van der Waals surface area contributed by atoms with Gasteiger partial charge in [0.15, 0.2) is 6.04 Å². The molecule has 4 rings (SSSR count). The quantitative estimate of drug-likeness (QED) is 0.375. The minimum Gasteiger partial charge on any atom is -0.480 e. The number of aliphatic imine (C=N–C) groups is 2. The molecule has 0 radical (unpaired) electrons. The summed E-state index contributed by atoms with van der Waals surface area (Å²) in [5.74, 6) is -4.40. The van der Waals surface area contributed by atoms with Crippen LogP contribution in [-0.4, -0.2) is 76.6 Å². The van der Waals surface area contributed by atoms with Gasteiger partial charge in [0.05, 0.1) is 0 Å². The Morgan fingerprint density at radius 1 is 1.10 bits per heavy atom. The number of aliphatic hydroxyl groups is 2. The number of alkyl halides is 2. The predicted octanol–water partition coefficient (Wildman–Crippen LogP) is 3.24. The summed E-state index contributed by atoms with van der Waals surface area (Å²) < 4.78 is 28.1. The highest BCUT2D eigenvalue weighted by atomic mass is 19.3. The van der Waals surface area contributed by atoms with Crippen LogP contribution in [0.3, 0.4) is 0 Å². The summed E-state index contributed by atoms with van der Waals surface area (Å²) in [7, 11) is 0. The standard InChI is InChI=1S/C29H34F2N4O5/c1-18(36)29(30,31)22-7-3-20(4-8-22)21-5-9-23(10-6-21)35-13-11-19(12-14-35)15-24-33-17-28(2,40)26(34-24)27(39)32-16-25(37)38/h3-10,17-19,26,36,40H,11-16H2,1-2H3,(H,32,39)(H,37,38). The van der Waals surface area contributed by atoms with Crippen LogP contribution < -0.4 is 10.2 Å². The summed E-state index contributed by atoms with van der Waals surface area (Å²) in [6, 6.07) is 12.7. The lowest BCUT2D eigenvalue weighted by Crippen LogP contribution is -2.52. The first kappa shape index (κ1) is 29.3. The number of halogens is 2. The van der Waals surface area contributed by atoms with E-state index in [9.17, 15) is 28.6 Å². The van der Waals surface area contributed by atoms with Gasteiger partial charge in [-0.3, -0.25) is 14.6 Å². The van der Waals surface area contributed by atoms with Crippen molar-refractivity contribution in [3.8, 4) is 11.1 Å². The highest BCUT2D eigenvalue weighted by Crippen LogP contribution is 2.34. The van der Waals surface area contributed by atoms with Crippen molar-refractivity contribution in [2.75, 3.05) is 24.5 Å². The summed E-state index contributed by atoms with van der Waals surface area (Å²) in [5.41, 5.74) is 0.929. The van der Waals surface area contributed by atoms with Gasteiger partial charge in [-0.1, -0.05) is 36.4 Å². The Kier molecular flexibility index (Phi) is 8.65. The number of anilines is 1. The largest absolute Gasteiger partial charge is 0.480 e. The molecule has 3 unspecified atom stereocenters. The maximum atomic E-state index is 14.1. The first-order valence-corrected chi connectivity index (χ1v) is 13.2. The van der Waals surface area contributed by atoms with Gasteiger partial charge in [-0.05, 0) is 55.9 Å². The maximum Gasteiger partial charge on any atom is 0.322 e. The molecule has 11 heteroatoms. The van der Waals surface area contributed by atoms with Crippen molar-refractivity contribution in [3.63, 3.8) is 0 Å². The van der Waals surface area contributed by atoms with Crippen LogP contribution in [0.2, 0.25) is 0 Å². The Balaban J connectivity index is 1.33. The number of carbonyl (C=O) groups excluding carboxylic acids is 1. The minimum atomic E-state index is -3.30. The number of carboxylic acids is 1. The van der Waals surface area contributed by atoms with Gasteiger partial charge in [0.25, 0.3) is 5.92 Å². The molecule has 214 valence electrons. The van der Waals surface area contributed by atoms with Crippen molar-refractivity contribution in [3.05, 3.63) is 54.1 Å². The molecule has 0 aliphatic carbocycles. The first-order chi connectivity index (χ1) is 18.9. The van der Waals surface area contributed by atoms with Crippen LogP contribution in [0.25, 0.3) is 11.1 Å². The van der Waals surface area contributed by atoms with E-state index >= 15 is 0 Å². The highest BCUT2D eigenvalue weighted by Gasteiger charge is 2.39. The number of aliphatic carboxylic acids is 1. The second-order valence-electron chi connectivity index (χ2n) is 10.6. The van der Waals surface area contributed by atoms with E-state index in [1.54, 1.807) is 12.1 Å². The number of aliphatic hydroxyl groups excluding tert-OH is 1. The Labute approximate surface area is 231 Å². The van der Waals surface area contributed by atoms with E-state index in [-0.39, 0.29) is 11.5 Å². The average Bonchev–Trinajstić information content (AvgIpc) is 2.93. The number of carboxylic acid groups (broad SMARTS) is 1. The number of hydrogen-bond donors (Lipinski definition) is 4. The molecule has 2 aliphatic heterocycles. The highest BCUT2D eigenvalue weighted by molar-refractivity contribution is 6.00. The van der Waals surface area contributed by atoms with Crippen LogP contribution in [-0.2, 0) is 15.5 Å². The van der Waals surface area contributed by atoms with Crippen LogP contribution in [0, 0.1) is 5.92 Å². The van der Waals surface area contributed by atoms with Crippen molar-refractivity contribution in [1.82, 2.24) is 5.32 Å². The molecule has 0 aromatic heterocycles. The topological polar surface area (TPSA) is 135 Å². The molecule has 0 spiro atoms. The zero-order valence-corrected chi connectivity index (χ0v) is 22.4. The number of nitrogens with one attached hydrogen (secondary N) is 1. The van der Waals surface area contributed by atoms with Crippen LogP contribution in [0.15, 0.2) is 58.5 Å². The number of benzene rings is 2. The first-order valence-electron chi connectivity index (χ1n) is 13.2. The Bertz CT molecular complexity index is 1270. The van der Waals surface area contributed by atoms with Gasteiger partial charge in [0.2, 0.25) is 5.91 Å². The van der Waals surface area contributed by atoms with Crippen LogP contribution in [0.1, 0.15) is 38.7 Å². The smallest absolute Gasteiger partial charge is 0.322 e. The summed E-state index contributed by atoms with van der Waals surface area (Å²) in [4.78, 5) is 34.0. The lowest BCUT2D eigenvalue weighted by Gasteiger charge is -2.34. The van der Waals surface area contributed by atoms with Gasteiger partial charge >= 0.3 is 5.97 Å². The van der Waals surface area contributed by atoms with Gasteiger partial charge in [-0.2, -0.15) is 8.78 Å². The molecule has 4 N–H and O–H groups in total. The Morgan fingerprint density at radius 3 is 2.23 bits per heavy atom. The van der Waals surface area contributed by atoms with E-state index in [2.05, 4.69) is 20.2 Å². The normalized spacial score (nSPS) is 22.5. The molecule has 1 fully saturated rings. The van der Waals surface area contributed by atoms with E-state index in [1.165, 1.54) is 25.3 Å². The average molecular weight is 557 g/mol. The minimum absolute atomic E-state index is 0.224. The second kappa shape index (κ2) is 11.8. The van der Waals surface area contributed by atoms with Crippen LogP contribution in [0.5, 0.6) is 0 Å². The predicted molar refractivity (Wildman–Crippen MR) is 148 cm³/mol. The van der Waals surface area contributed by atoms with E-state index in [0.717, 1.165) is 49.7 Å². The number of hydrogen-bond acceptors (Lipinski definition) is 7.